The van der Waals surface area contributed by atoms with E-state index in [0.717, 1.165) is 5.11 Å². The Morgan fingerprint density at radius 1 is 1.31 bits per heavy atom. The summed E-state index contributed by atoms with van der Waals surface area (Å²) in [6.07, 6.45) is 7.90. The lowest BCUT2D eigenvalue weighted by Crippen LogP contribution is -2.46. The number of hydrogen-bond acceptors (Lipinski definition) is 2. The highest BCUT2D eigenvalue weighted by atomic mass is 32.1. The monoisotopic (exact) mass is 244 g/mol. The molecule has 0 aromatic carbocycles. The van der Waals surface area contributed by atoms with E-state index in [-0.39, 0.29) is 6.04 Å². The molecular weight excluding hydrogens is 220 g/mol. The van der Waals surface area contributed by atoms with Gasteiger partial charge in [-0.3, -0.25) is 0 Å². The van der Waals surface area contributed by atoms with Crippen LogP contribution in [0.5, 0.6) is 0 Å². The molecule has 0 saturated heterocycles. The number of thiocarbonyl (C=S) groups is 1. The predicted molar refractivity (Wildman–Crippen MR) is 71.7 cm³/mol. The second-order valence-corrected chi connectivity index (χ2v) is 5.07. The minimum atomic E-state index is 0.274. The summed E-state index contributed by atoms with van der Waals surface area (Å²) >= 11 is 5.29. The third-order valence-corrected chi connectivity index (χ3v) is 3.22. The molecule has 0 aliphatic heterocycles. The van der Waals surface area contributed by atoms with Gasteiger partial charge in [0, 0.05) is 19.2 Å². The second kappa shape index (κ2) is 7.85. The van der Waals surface area contributed by atoms with E-state index in [0.29, 0.717) is 12.6 Å². The van der Waals surface area contributed by atoms with Gasteiger partial charge in [0.25, 0.3) is 0 Å². The molecule has 0 bridgehead atoms. The maximum Gasteiger partial charge on any atom is 0.166 e. The molecule has 0 amide bonds. The van der Waals surface area contributed by atoms with Crippen molar-refractivity contribution in [3.8, 4) is 0 Å². The Morgan fingerprint density at radius 2 is 1.94 bits per heavy atom. The van der Waals surface area contributed by atoms with Gasteiger partial charge in [-0.25, -0.2) is 0 Å². The summed E-state index contributed by atoms with van der Waals surface area (Å²) in [5.74, 6) is 0. The maximum absolute atomic E-state index is 5.29. The normalized spacial score (nSPS) is 19.9. The van der Waals surface area contributed by atoms with Crippen LogP contribution in [0.2, 0.25) is 0 Å². The lowest BCUT2D eigenvalue weighted by Gasteiger charge is -2.21. The van der Waals surface area contributed by atoms with Gasteiger partial charge in [0.2, 0.25) is 0 Å². The molecule has 1 atom stereocenters. The molecule has 2 N–H and O–H groups in total. The second-order valence-electron chi connectivity index (χ2n) is 4.66. The topological polar surface area (TPSA) is 33.3 Å². The number of methoxy groups -OCH3 is 1. The van der Waals surface area contributed by atoms with Crippen molar-refractivity contribution in [2.75, 3.05) is 13.7 Å². The smallest absolute Gasteiger partial charge is 0.166 e. The minimum absolute atomic E-state index is 0.274. The van der Waals surface area contributed by atoms with Gasteiger partial charge in [0.15, 0.2) is 5.11 Å². The Kier molecular flexibility index (Phi) is 6.73. The molecule has 16 heavy (non-hydrogen) atoms. The van der Waals surface area contributed by atoms with Gasteiger partial charge in [-0.2, -0.15) is 0 Å². The van der Waals surface area contributed by atoms with Gasteiger partial charge >= 0.3 is 0 Å². The van der Waals surface area contributed by atoms with Gasteiger partial charge in [-0.1, -0.05) is 25.7 Å². The van der Waals surface area contributed by atoms with Crippen molar-refractivity contribution in [1.82, 2.24) is 10.6 Å². The van der Waals surface area contributed by atoms with Crippen molar-refractivity contribution in [3.05, 3.63) is 0 Å². The number of rotatable bonds is 4. The first kappa shape index (κ1) is 13.7. The highest BCUT2D eigenvalue weighted by molar-refractivity contribution is 7.80. The molecule has 0 aromatic heterocycles. The van der Waals surface area contributed by atoms with Crippen LogP contribution in [0.25, 0.3) is 0 Å². The highest BCUT2D eigenvalue weighted by Gasteiger charge is 2.13. The molecular formula is C12H24N2OS. The summed E-state index contributed by atoms with van der Waals surface area (Å²) < 4.78 is 5.06. The van der Waals surface area contributed by atoms with Crippen LogP contribution in [0, 0.1) is 0 Å². The van der Waals surface area contributed by atoms with Crippen molar-refractivity contribution < 1.29 is 4.74 Å². The highest BCUT2D eigenvalue weighted by Crippen LogP contribution is 2.16. The number of nitrogens with one attached hydrogen (secondary N) is 2. The van der Waals surface area contributed by atoms with Crippen LogP contribution in [-0.4, -0.2) is 30.9 Å². The first-order valence-electron chi connectivity index (χ1n) is 6.28. The molecule has 1 rings (SSSR count). The van der Waals surface area contributed by atoms with Crippen LogP contribution >= 0.6 is 12.2 Å². The third-order valence-electron chi connectivity index (χ3n) is 2.98. The standard InChI is InChI=1S/C12H24N2OS/c1-10(9-15-2)13-12(16)14-11-7-5-3-4-6-8-11/h10-11H,3-9H2,1-2H3,(H2,13,14,16). The van der Waals surface area contributed by atoms with Gasteiger partial charge < -0.3 is 15.4 Å². The summed E-state index contributed by atoms with van der Waals surface area (Å²) in [4.78, 5) is 0. The van der Waals surface area contributed by atoms with Gasteiger partial charge in [0.1, 0.15) is 0 Å². The van der Waals surface area contributed by atoms with E-state index in [1.165, 1.54) is 38.5 Å². The van der Waals surface area contributed by atoms with Gasteiger partial charge in [-0.15, -0.1) is 0 Å². The molecule has 3 nitrogen and oxygen atoms in total. The fourth-order valence-corrected chi connectivity index (χ4v) is 2.53. The Morgan fingerprint density at radius 3 is 2.50 bits per heavy atom. The average Bonchev–Trinajstić information content (AvgIpc) is 2.46. The maximum atomic E-state index is 5.29. The first-order chi connectivity index (χ1) is 7.72. The predicted octanol–water partition coefficient (Wildman–Crippen LogP) is 2.21. The average molecular weight is 244 g/mol. The molecule has 0 radical (unpaired) electrons. The molecule has 94 valence electrons. The Labute approximate surface area is 104 Å². The van der Waals surface area contributed by atoms with E-state index in [1.807, 2.05) is 0 Å². The lowest BCUT2D eigenvalue weighted by molar-refractivity contribution is 0.179. The first-order valence-corrected chi connectivity index (χ1v) is 6.69. The molecule has 0 aromatic rings. The zero-order chi connectivity index (χ0) is 11.8. The van der Waals surface area contributed by atoms with E-state index in [9.17, 15) is 0 Å². The van der Waals surface area contributed by atoms with Crippen molar-refractivity contribution in [1.29, 1.82) is 0 Å². The largest absolute Gasteiger partial charge is 0.383 e. The number of hydrogen-bond donors (Lipinski definition) is 2. The SMILES string of the molecule is COCC(C)NC(=S)NC1CCCCCC1. The van der Waals surface area contributed by atoms with Crippen LogP contribution in [-0.2, 0) is 4.74 Å². The van der Waals surface area contributed by atoms with E-state index in [4.69, 9.17) is 17.0 Å². The van der Waals surface area contributed by atoms with Gasteiger partial charge in [-0.05, 0) is 32.0 Å². The van der Waals surface area contributed by atoms with Gasteiger partial charge in [0.05, 0.1) is 6.61 Å². The van der Waals surface area contributed by atoms with Crippen molar-refractivity contribution in [2.45, 2.75) is 57.5 Å². The van der Waals surface area contributed by atoms with E-state index in [1.54, 1.807) is 7.11 Å². The van der Waals surface area contributed by atoms with Crippen molar-refractivity contribution >= 4 is 17.3 Å². The molecule has 0 spiro atoms. The quantitative estimate of drug-likeness (QED) is 0.587. The fourth-order valence-electron chi connectivity index (χ4n) is 2.17. The van der Waals surface area contributed by atoms with Crippen LogP contribution in [0.3, 0.4) is 0 Å². The van der Waals surface area contributed by atoms with E-state index < -0.39 is 0 Å². The van der Waals surface area contributed by atoms with E-state index >= 15 is 0 Å². The number of ether oxygens (including phenoxy) is 1. The van der Waals surface area contributed by atoms with Crippen LogP contribution in [0.15, 0.2) is 0 Å². The Bertz CT molecular complexity index is 203. The molecule has 1 aliphatic carbocycles. The zero-order valence-corrected chi connectivity index (χ0v) is 11.2. The summed E-state index contributed by atoms with van der Waals surface area (Å²) in [6.45, 7) is 2.76. The minimum Gasteiger partial charge on any atom is -0.383 e. The molecule has 1 fully saturated rings. The zero-order valence-electron chi connectivity index (χ0n) is 10.4. The third kappa shape index (κ3) is 5.66. The molecule has 1 saturated carbocycles. The molecule has 4 heteroatoms. The molecule has 1 aliphatic rings. The molecule has 0 heterocycles. The van der Waals surface area contributed by atoms with Crippen LogP contribution < -0.4 is 10.6 Å². The fraction of sp³-hybridized carbons (Fsp3) is 0.917. The Balaban J connectivity index is 2.21. The van der Waals surface area contributed by atoms with Crippen LogP contribution in [0.4, 0.5) is 0 Å². The lowest BCUT2D eigenvalue weighted by atomic mass is 10.1. The summed E-state index contributed by atoms with van der Waals surface area (Å²) in [5, 5.41) is 7.43. The van der Waals surface area contributed by atoms with Crippen molar-refractivity contribution in [3.63, 3.8) is 0 Å². The summed E-state index contributed by atoms with van der Waals surface area (Å²) in [6, 6.07) is 0.841. The molecule has 1 unspecified atom stereocenters. The van der Waals surface area contributed by atoms with Crippen molar-refractivity contribution in [2.24, 2.45) is 0 Å². The Hall–Kier alpha value is -0.350. The van der Waals surface area contributed by atoms with Crippen LogP contribution in [0.1, 0.15) is 45.4 Å². The summed E-state index contributed by atoms with van der Waals surface area (Å²) in [5.41, 5.74) is 0. The summed E-state index contributed by atoms with van der Waals surface area (Å²) in [7, 11) is 1.71. The van der Waals surface area contributed by atoms with E-state index in [2.05, 4.69) is 17.6 Å².